The molecule has 0 aliphatic carbocycles. The van der Waals surface area contributed by atoms with Crippen molar-refractivity contribution in [3.8, 4) is 0 Å². The highest BCUT2D eigenvalue weighted by molar-refractivity contribution is 5.85. The highest BCUT2D eigenvalue weighted by atomic mass is 35.5. The molecule has 0 bridgehead atoms. The van der Waals surface area contributed by atoms with Gasteiger partial charge in [0.25, 0.3) is 0 Å². The summed E-state index contributed by atoms with van der Waals surface area (Å²) in [5.41, 5.74) is 0. The molecule has 3 nitrogen and oxygen atoms in total. The minimum absolute atomic E-state index is 0. The van der Waals surface area contributed by atoms with E-state index in [1.54, 1.807) is 0 Å². The summed E-state index contributed by atoms with van der Waals surface area (Å²) >= 11 is 0. The molecule has 0 aliphatic rings. The Morgan fingerprint density at radius 3 is 2.20 bits per heavy atom. The van der Waals surface area contributed by atoms with Gasteiger partial charge in [-0.1, -0.05) is 13.8 Å². The standard InChI is InChI=1S/C6H15NO2.ClH/c1-5(2)7-3-6(9)4-8;/h5-9H,3-4H2,1-2H3;1H/t6-;/m0./s1. The third kappa shape index (κ3) is 8.17. The van der Waals surface area contributed by atoms with Crippen molar-refractivity contribution in [2.75, 3.05) is 13.2 Å². The van der Waals surface area contributed by atoms with Gasteiger partial charge >= 0.3 is 0 Å². The summed E-state index contributed by atoms with van der Waals surface area (Å²) in [7, 11) is 0. The normalized spacial score (nSPS) is 12.9. The first-order valence-corrected chi connectivity index (χ1v) is 3.19. The van der Waals surface area contributed by atoms with Crippen LogP contribution in [0, 0.1) is 0 Å². The molecule has 0 aromatic carbocycles. The number of aliphatic hydroxyl groups is 2. The lowest BCUT2D eigenvalue weighted by Gasteiger charge is -2.10. The Morgan fingerprint density at radius 2 is 1.90 bits per heavy atom. The quantitative estimate of drug-likeness (QED) is 0.545. The van der Waals surface area contributed by atoms with E-state index in [2.05, 4.69) is 5.32 Å². The zero-order valence-electron chi connectivity index (χ0n) is 6.37. The maximum Gasteiger partial charge on any atom is 0.0895 e. The lowest BCUT2D eigenvalue weighted by molar-refractivity contribution is 0.0928. The van der Waals surface area contributed by atoms with Crippen molar-refractivity contribution in [2.24, 2.45) is 0 Å². The van der Waals surface area contributed by atoms with E-state index in [0.29, 0.717) is 12.6 Å². The monoisotopic (exact) mass is 169 g/mol. The first kappa shape index (κ1) is 12.8. The maximum absolute atomic E-state index is 8.79. The van der Waals surface area contributed by atoms with E-state index in [0.717, 1.165) is 0 Å². The van der Waals surface area contributed by atoms with Crippen LogP contribution in [0.1, 0.15) is 13.8 Å². The van der Waals surface area contributed by atoms with Crippen LogP contribution < -0.4 is 5.32 Å². The van der Waals surface area contributed by atoms with Crippen LogP contribution in [0.5, 0.6) is 0 Å². The van der Waals surface area contributed by atoms with Crippen LogP contribution in [-0.4, -0.2) is 35.5 Å². The SMILES string of the molecule is CC(C)NC[C@H](O)CO.Cl. The Labute approximate surface area is 67.9 Å². The molecule has 0 radical (unpaired) electrons. The van der Waals surface area contributed by atoms with Gasteiger partial charge in [0.15, 0.2) is 0 Å². The summed E-state index contributed by atoms with van der Waals surface area (Å²) in [6, 6.07) is 0.367. The van der Waals surface area contributed by atoms with Crippen LogP contribution in [0.15, 0.2) is 0 Å². The van der Waals surface area contributed by atoms with Crippen LogP contribution in [0.25, 0.3) is 0 Å². The molecule has 1 atom stereocenters. The molecule has 64 valence electrons. The average Bonchev–Trinajstić information content (AvgIpc) is 1.83. The van der Waals surface area contributed by atoms with Gasteiger partial charge in [0.05, 0.1) is 12.7 Å². The van der Waals surface area contributed by atoms with Gasteiger partial charge in [-0.2, -0.15) is 0 Å². The van der Waals surface area contributed by atoms with Crippen LogP contribution in [0.3, 0.4) is 0 Å². The molecule has 0 aromatic rings. The fourth-order valence-corrected chi connectivity index (χ4v) is 0.436. The van der Waals surface area contributed by atoms with Crippen molar-refractivity contribution in [3.05, 3.63) is 0 Å². The molecular formula is C6H16ClNO2. The number of nitrogens with one attached hydrogen (secondary N) is 1. The number of aliphatic hydroxyl groups excluding tert-OH is 2. The van der Waals surface area contributed by atoms with Gasteiger partial charge in [0, 0.05) is 12.6 Å². The van der Waals surface area contributed by atoms with Crippen LogP contribution >= 0.6 is 12.4 Å². The predicted octanol–water partition coefficient (Wildman–Crippen LogP) is -0.241. The molecule has 10 heavy (non-hydrogen) atoms. The smallest absolute Gasteiger partial charge is 0.0895 e. The summed E-state index contributed by atoms with van der Waals surface area (Å²) in [5, 5.41) is 20.1. The first-order valence-electron chi connectivity index (χ1n) is 3.19. The van der Waals surface area contributed by atoms with E-state index in [-0.39, 0.29) is 19.0 Å². The molecule has 4 heteroatoms. The Hall–Kier alpha value is 0.170. The number of halogens is 1. The second kappa shape index (κ2) is 7.28. The Kier molecular flexibility index (Phi) is 9.33. The molecule has 0 rings (SSSR count). The minimum atomic E-state index is -0.618. The van der Waals surface area contributed by atoms with Crippen molar-refractivity contribution in [2.45, 2.75) is 26.0 Å². The van der Waals surface area contributed by atoms with E-state index in [1.807, 2.05) is 13.8 Å². The number of hydrogen-bond donors (Lipinski definition) is 3. The summed E-state index contributed by atoms with van der Waals surface area (Å²) in [6.45, 7) is 4.28. The molecule has 0 saturated heterocycles. The van der Waals surface area contributed by atoms with Crippen molar-refractivity contribution in [3.63, 3.8) is 0 Å². The fourth-order valence-electron chi connectivity index (χ4n) is 0.436. The Bertz CT molecular complexity index is 70.8. The lowest BCUT2D eigenvalue weighted by atomic mass is 10.3. The van der Waals surface area contributed by atoms with Gasteiger partial charge in [-0.3, -0.25) is 0 Å². The van der Waals surface area contributed by atoms with Crippen LogP contribution in [-0.2, 0) is 0 Å². The van der Waals surface area contributed by atoms with Crippen molar-refractivity contribution < 1.29 is 10.2 Å². The highest BCUT2D eigenvalue weighted by Gasteiger charge is 2.00. The molecular weight excluding hydrogens is 154 g/mol. The number of rotatable bonds is 4. The summed E-state index contributed by atoms with van der Waals surface area (Å²) in [6.07, 6.45) is -0.618. The zero-order chi connectivity index (χ0) is 7.28. The van der Waals surface area contributed by atoms with Crippen molar-refractivity contribution in [1.82, 2.24) is 5.32 Å². The highest BCUT2D eigenvalue weighted by Crippen LogP contribution is 1.80. The minimum Gasteiger partial charge on any atom is -0.394 e. The van der Waals surface area contributed by atoms with Gasteiger partial charge in [-0.15, -0.1) is 12.4 Å². The van der Waals surface area contributed by atoms with Gasteiger partial charge in [-0.25, -0.2) is 0 Å². The molecule has 3 N–H and O–H groups in total. The zero-order valence-corrected chi connectivity index (χ0v) is 7.19. The second-order valence-electron chi connectivity index (χ2n) is 2.40. The Balaban J connectivity index is 0. The first-order chi connectivity index (χ1) is 4.16. The largest absolute Gasteiger partial charge is 0.394 e. The molecule has 0 aliphatic heterocycles. The average molecular weight is 170 g/mol. The third-order valence-corrected chi connectivity index (χ3v) is 0.972. The van der Waals surface area contributed by atoms with Crippen LogP contribution in [0.4, 0.5) is 0 Å². The number of hydrogen-bond acceptors (Lipinski definition) is 3. The molecule has 0 unspecified atom stereocenters. The molecule has 0 fully saturated rings. The van der Waals surface area contributed by atoms with Crippen molar-refractivity contribution in [1.29, 1.82) is 0 Å². The second-order valence-corrected chi connectivity index (χ2v) is 2.40. The van der Waals surface area contributed by atoms with E-state index >= 15 is 0 Å². The summed E-state index contributed by atoms with van der Waals surface area (Å²) in [5.74, 6) is 0. The van der Waals surface area contributed by atoms with E-state index in [4.69, 9.17) is 10.2 Å². The van der Waals surface area contributed by atoms with Crippen LogP contribution in [0.2, 0.25) is 0 Å². The molecule has 0 spiro atoms. The molecule has 0 amide bonds. The Morgan fingerprint density at radius 1 is 1.40 bits per heavy atom. The van der Waals surface area contributed by atoms with Gasteiger partial charge < -0.3 is 15.5 Å². The predicted molar refractivity (Wildman–Crippen MR) is 43.5 cm³/mol. The van der Waals surface area contributed by atoms with Gasteiger partial charge in [0.2, 0.25) is 0 Å². The lowest BCUT2D eigenvalue weighted by Crippen LogP contribution is -2.33. The van der Waals surface area contributed by atoms with Gasteiger partial charge in [-0.05, 0) is 0 Å². The maximum atomic E-state index is 8.79. The molecule has 0 aromatic heterocycles. The summed E-state index contributed by atoms with van der Waals surface area (Å²) < 4.78 is 0. The van der Waals surface area contributed by atoms with E-state index < -0.39 is 6.10 Å². The van der Waals surface area contributed by atoms with Crippen molar-refractivity contribution >= 4 is 12.4 Å². The van der Waals surface area contributed by atoms with Gasteiger partial charge in [0.1, 0.15) is 0 Å². The topological polar surface area (TPSA) is 52.5 Å². The van der Waals surface area contributed by atoms with E-state index in [1.165, 1.54) is 0 Å². The molecule has 0 saturated carbocycles. The summed E-state index contributed by atoms with van der Waals surface area (Å²) in [4.78, 5) is 0. The molecule has 0 heterocycles. The fraction of sp³-hybridized carbons (Fsp3) is 1.00. The third-order valence-electron chi connectivity index (χ3n) is 0.972. The van der Waals surface area contributed by atoms with E-state index in [9.17, 15) is 0 Å².